The number of halogens is 1. The first-order chi connectivity index (χ1) is 17.1. The predicted octanol–water partition coefficient (Wildman–Crippen LogP) is 2.93. The summed E-state index contributed by atoms with van der Waals surface area (Å²) in [5.74, 6) is -0.696. The molecule has 1 aromatic carbocycles. The number of aromatic nitrogens is 3. The van der Waals surface area contributed by atoms with E-state index in [2.05, 4.69) is 20.1 Å². The van der Waals surface area contributed by atoms with Gasteiger partial charge in [-0.3, -0.25) is 9.48 Å². The van der Waals surface area contributed by atoms with E-state index < -0.39 is 15.9 Å². The Balaban J connectivity index is 1.67. The van der Waals surface area contributed by atoms with Crippen molar-refractivity contribution in [1.29, 1.82) is 0 Å². The highest BCUT2D eigenvalue weighted by molar-refractivity contribution is 7.90. The standard InChI is InChI=1S/C25H30FN5O4S/c1-15(2)31-17(14-27-3)11-25(29-31)36(33,34)30-23(32)13-21-18-6-5-7-19(18)22(26)12-20(21)16-8-9-28-24(10-16)35-4/h8-12,15,27H,5-7,13-14H2,1-4H3,(H,30,32). The molecule has 0 saturated heterocycles. The number of nitrogens with zero attached hydrogens (tertiary/aromatic N) is 3. The van der Waals surface area contributed by atoms with E-state index >= 15 is 0 Å². The Morgan fingerprint density at radius 2 is 1.97 bits per heavy atom. The number of carbonyl (C=O) groups excluding carboxylic acids is 1. The minimum atomic E-state index is -4.21. The summed E-state index contributed by atoms with van der Waals surface area (Å²) >= 11 is 0. The smallest absolute Gasteiger partial charge is 0.283 e. The van der Waals surface area contributed by atoms with Crippen molar-refractivity contribution in [3.63, 3.8) is 0 Å². The van der Waals surface area contributed by atoms with E-state index in [9.17, 15) is 17.6 Å². The van der Waals surface area contributed by atoms with Crippen LogP contribution in [0.15, 0.2) is 35.5 Å². The summed E-state index contributed by atoms with van der Waals surface area (Å²) in [4.78, 5) is 17.2. The van der Waals surface area contributed by atoms with Crippen molar-refractivity contribution in [2.45, 2.75) is 57.1 Å². The van der Waals surface area contributed by atoms with Crippen molar-refractivity contribution in [2.24, 2.45) is 0 Å². The van der Waals surface area contributed by atoms with Gasteiger partial charge in [-0.2, -0.15) is 13.5 Å². The van der Waals surface area contributed by atoms with Crippen LogP contribution in [0.4, 0.5) is 4.39 Å². The maximum atomic E-state index is 14.9. The number of fused-ring (bicyclic) bond motifs is 1. The van der Waals surface area contributed by atoms with Crippen molar-refractivity contribution in [2.75, 3.05) is 14.2 Å². The SMILES string of the molecule is CNCc1cc(S(=O)(=O)NC(=O)Cc2c(-c3ccnc(OC)c3)cc(F)c3c2CCC3)nn1C(C)C. The lowest BCUT2D eigenvalue weighted by atomic mass is 9.91. The van der Waals surface area contributed by atoms with Crippen LogP contribution in [0.3, 0.4) is 0 Å². The van der Waals surface area contributed by atoms with Crippen LogP contribution >= 0.6 is 0 Å². The molecule has 1 aliphatic rings. The van der Waals surface area contributed by atoms with Gasteiger partial charge in [0.1, 0.15) is 5.82 Å². The molecule has 1 amide bonds. The van der Waals surface area contributed by atoms with E-state index in [4.69, 9.17) is 4.74 Å². The highest BCUT2D eigenvalue weighted by Gasteiger charge is 2.28. The van der Waals surface area contributed by atoms with Gasteiger partial charge in [0.25, 0.3) is 10.0 Å². The maximum Gasteiger partial charge on any atom is 0.283 e. The Bertz CT molecular complexity index is 1400. The van der Waals surface area contributed by atoms with Crippen LogP contribution in [-0.4, -0.2) is 43.2 Å². The average Bonchev–Trinajstić information content (AvgIpc) is 3.49. The molecular weight excluding hydrogens is 485 g/mol. The largest absolute Gasteiger partial charge is 0.481 e. The number of pyridine rings is 1. The minimum Gasteiger partial charge on any atom is -0.481 e. The van der Waals surface area contributed by atoms with E-state index in [1.54, 1.807) is 30.1 Å². The summed E-state index contributed by atoms with van der Waals surface area (Å²) < 4.78 is 50.0. The van der Waals surface area contributed by atoms with Crippen LogP contribution in [0.5, 0.6) is 5.88 Å². The topological polar surface area (TPSA) is 115 Å². The molecule has 192 valence electrons. The van der Waals surface area contributed by atoms with Crippen molar-refractivity contribution in [3.8, 4) is 17.0 Å². The van der Waals surface area contributed by atoms with Gasteiger partial charge in [-0.05, 0) is 80.1 Å². The van der Waals surface area contributed by atoms with Gasteiger partial charge in [0.05, 0.1) is 19.2 Å². The van der Waals surface area contributed by atoms with E-state index in [0.717, 1.165) is 12.0 Å². The van der Waals surface area contributed by atoms with E-state index in [-0.39, 0.29) is 23.3 Å². The fraction of sp³-hybridized carbons (Fsp3) is 0.400. The van der Waals surface area contributed by atoms with Gasteiger partial charge < -0.3 is 10.1 Å². The third-order valence-corrected chi connectivity index (χ3v) is 7.47. The molecule has 2 N–H and O–H groups in total. The molecule has 36 heavy (non-hydrogen) atoms. The first-order valence-corrected chi connectivity index (χ1v) is 13.2. The molecule has 11 heteroatoms. The second-order valence-corrected chi connectivity index (χ2v) is 10.7. The number of hydrogen-bond acceptors (Lipinski definition) is 7. The third kappa shape index (κ3) is 5.12. The third-order valence-electron chi connectivity index (χ3n) is 6.22. The van der Waals surface area contributed by atoms with Crippen LogP contribution in [-0.2, 0) is 40.6 Å². The Morgan fingerprint density at radius 3 is 2.67 bits per heavy atom. The van der Waals surface area contributed by atoms with Crippen molar-refractivity contribution in [1.82, 2.24) is 24.8 Å². The molecule has 0 aliphatic heterocycles. The molecule has 0 saturated carbocycles. The van der Waals surface area contributed by atoms with Gasteiger partial charge >= 0.3 is 0 Å². The van der Waals surface area contributed by atoms with Gasteiger partial charge in [-0.15, -0.1) is 0 Å². The zero-order valence-electron chi connectivity index (χ0n) is 20.8. The van der Waals surface area contributed by atoms with Crippen molar-refractivity contribution in [3.05, 3.63) is 58.7 Å². The predicted molar refractivity (Wildman–Crippen MR) is 133 cm³/mol. The highest BCUT2D eigenvalue weighted by atomic mass is 32.2. The second-order valence-electron chi connectivity index (χ2n) is 9.03. The van der Waals surface area contributed by atoms with Crippen molar-refractivity contribution < 1.29 is 22.3 Å². The van der Waals surface area contributed by atoms with Crippen LogP contribution < -0.4 is 14.8 Å². The Kier molecular flexibility index (Phi) is 7.41. The van der Waals surface area contributed by atoms with Gasteiger partial charge in [-0.25, -0.2) is 14.1 Å². The number of hydrogen-bond donors (Lipinski definition) is 2. The summed E-state index contributed by atoms with van der Waals surface area (Å²) in [6.07, 6.45) is 3.28. The number of amides is 1. The van der Waals surface area contributed by atoms with Crippen LogP contribution in [0, 0.1) is 5.82 Å². The Labute approximate surface area is 210 Å². The normalized spacial score (nSPS) is 13.2. The highest BCUT2D eigenvalue weighted by Crippen LogP contribution is 2.36. The second kappa shape index (κ2) is 10.4. The number of methoxy groups -OCH3 is 1. The summed E-state index contributed by atoms with van der Waals surface area (Å²) in [6.45, 7) is 4.22. The minimum absolute atomic E-state index is 0.0604. The molecule has 9 nitrogen and oxygen atoms in total. The fourth-order valence-corrected chi connectivity index (χ4v) is 5.61. The molecular formula is C25H30FN5O4S. The zero-order chi connectivity index (χ0) is 26.0. The molecule has 0 fully saturated rings. The molecule has 4 rings (SSSR count). The molecule has 0 unspecified atom stereocenters. The van der Waals surface area contributed by atoms with Crippen molar-refractivity contribution >= 4 is 15.9 Å². The monoisotopic (exact) mass is 515 g/mol. The average molecular weight is 516 g/mol. The van der Waals surface area contributed by atoms with Gasteiger partial charge in [0.2, 0.25) is 11.8 Å². The fourth-order valence-electron chi connectivity index (χ4n) is 4.65. The van der Waals surface area contributed by atoms with Gasteiger partial charge in [0.15, 0.2) is 5.03 Å². The maximum absolute atomic E-state index is 14.9. The van der Waals surface area contributed by atoms with E-state index in [1.165, 1.54) is 19.2 Å². The number of sulfonamides is 1. The summed E-state index contributed by atoms with van der Waals surface area (Å²) in [7, 11) is -0.969. The first kappa shape index (κ1) is 25.8. The lowest BCUT2D eigenvalue weighted by Crippen LogP contribution is -2.32. The van der Waals surface area contributed by atoms with E-state index in [0.29, 0.717) is 53.2 Å². The summed E-state index contributed by atoms with van der Waals surface area (Å²) in [5.41, 5.74) is 3.78. The molecule has 1 aliphatic carbocycles. The number of carbonyl (C=O) groups is 1. The first-order valence-electron chi connectivity index (χ1n) is 11.8. The summed E-state index contributed by atoms with van der Waals surface area (Å²) in [6, 6.07) is 6.17. The number of benzene rings is 1. The molecule has 0 atom stereocenters. The number of nitrogens with one attached hydrogen (secondary N) is 2. The lowest BCUT2D eigenvalue weighted by Gasteiger charge is -2.16. The molecule has 0 radical (unpaired) electrons. The zero-order valence-corrected chi connectivity index (χ0v) is 21.6. The Hall–Kier alpha value is -3.31. The lowest BCUT2D eigenvalue weighted by molar-refractivity contribution is -0.118. The Morgan fingerprint density at radius 1 is 1.22 bits per heavy atom. The molecule has 3 aromatic rings. The molecule has 2 heterocycles. The molecule has 0 spiro atoms. The molecule has 0 bridgehead atoms. The van der Waals surface area contributed by atoms with Crippen LogP contribution in [0.1, 0.15) is 48.7 Å². The molecule has 2 aromatic heterocycles. The number of ether oxygens (including phenoxy) is 1. The van der Waals surface area contributed by atoms with Gasteiger partial charge in [-0.1, -0.05) is 0 Å². The van der Waals surface area contributed by atoms with Crippen LogP contribution in [0.25, 0.3) is 11.1 Å². The summed E-state index contributed by atoms with van der Waals surface area (Å²) in [5, 5.41) is 6.98. The van der Waals surface area contributed by atoms with Crippen LogP contribution in [0.2, 0.25) is 0 Å². The number of rotatable bonds is 9. The van der Waals surface area contributed by atoms with E-state index in [1.807, 2.05) is 13.8 Å². The van der Waals surface area contributed by atoms with Gasteiger partial charge in [0, 0.05) is 30.9 Å². The quantitative estimate of drug-likeness (QED) is 0.450.